The van der Waals surface area contributed by atoms with Crippen molar-refractivity contribution in [2.45, 2.75) is 13.3 Å². The van der Waals surface area contributed by atoms with Crippen LogP contribution >= 0.6 is 0 Å². The van der Waals surface area contributed by atoms with Gasteiger partial charge in [0.1, 0.15) is 5.84 Å². The van der Waals surface area contributed by atoms with E-state index in [2.05, 4.69) is 15.3 Å². The van der Waals surface area contributed by atoms with Gasteiger partial charge in [0.2, 0.25) is 5.91 Å². The first kappa shape index (κ1) is 21.6. The third-order valence-electron chi connectivity index (χ3n) is 5.31. The highest BCUT2D eigenvalue weighted by Gasteiger charge is 2.25. The van der Waals surface area contributed by atoms with Crippen LogP contribution in [0, 0.1) is 5.92 Å². The second-order valence-electron chi connectivity index (χ2n) is 7.49. The van der Waals surface area contributed by atoms with E-state index in [-0.39, 0.29) is 5.91 Å². The standard InChI is InChI=1S/C22H30N6O2/c1-15(29)28-8-7-21(26-10-16-13-30-14-16)20(12-28)22(24)27-19-5-3-17(4-6-19)18(9-23)11-25-2/h3-6,9,11,16,26H,7-8,10,12-14,23H2,1-2H3,(H2,24,27). The van der Waals surface area contributed by atoms with Crippen molar-refractivity contribution >= 4 is 29.2 Å². The molecule has 1 fully saturated rings. The van der Waals surface area contributed by atoms with Crippen LogP contribution in [0.1, 0.15) is 18.9 Å². The molecule has 0 bridgehead atoms. The molecule has 8 heteroatoms. The van der Waals surface area contributed by atoms with E-state index in [1.807, 2.05) is 24.3 Å². The van der Waals surface area contributed by atoms with Crippen molar-refractivity contribution in [1.29, 1.82) is 0 Å². The molecule has 2 heterocycles. The van der Waals surface area contributed by atoms with Crippen LogP contribution in [0.4, 0.5) is 5.69 Å². The topological polar surface area (TPSA) is 118 Å². The van der Waals surface area contributed by atoms with Gasteiger partial charge < -0.3 is 26.4 Å². The second kappa shape index (κ2) is 10.1. The lowest BCUT2D eigenvalue weighted by atomic mass is 10.0. The number of aliphatic imine (C=N–C) groups is 2. The number of nitrogens with zero attached hydrogens (tertiary/aromatic N) is 3. The number of hydrogen-bond acceptors (Lipinski definition) is 6. The van der Waals surface area contributed by atoms with Gasteiger partial charge in [-0.2, -0.15) is 0 Å². The highest BCUT2D eigenvalue weighted by Crippen LogP contribution is 2.22. The van der Waals surface area contributed by atoms with Gasteiger partial charge in [0, 0.05) is 68.7 Å². The van der Waals surface area contributed by atoms with E-state index in [1.165, 1.54) is 6.20 Å². The van der Waals surface area contributed by atoms with E-state index in [1.54, 1.807) is 25.1 Å². The summed E-state index contributed by atoms with van der Waals surface area (Å²) in [7, 11) is 1.70. The van der Waals surface area contributed by atoms with E-state index < -0.39 is 0 Å². The summed E-state index contributed by atoms with van der Waals surface area (Å²) in [6.07, 6.45) is 3.97. The van der Waals surface area contributed by atoms with Gasteiger partial charge in [-0.3, -0.25) is 9.79 Å². The summed E-state index contributed by atoms with van der Waals surface area (Å²) >= 11 is 0. The van der Waals surface area contributed by atoms with Gasteiger partial charge in [0.05, 0.1) is 25.4 Å². The second-order valence-corrected chi connectivity index (χ2v) is 7.49. The SMILES string of the molecule is CN=CC(=CN)c1ccc(N=C(N)C2=C(NCC3COC3)CCN(C(C)=O)C2)cc1. The molecular weight excluding hydrogens is 380 g/mol. The number of carbonyl (C=O) groups excluding carboxylic acids is 1. The van der Waals surface area contributed by atoms with Crippen molar-refractivity contribution in [3.63, 3.8) is 0 Å². The van der Waals surface area contributed by atoms with Gasteiger partial charge in [0.25, 0.3) is 0 Å². The monoisotopic (exact) mass is 410 g/mol. The maximum atomic E-state index is 11.9. The molecular formula is C22H30N6O2. The fourth-order valence-electron chi connectivity index (χ4n) is 3.42. The predicted molar refractivity (Wildman–Crippen MR) is 121 cm³/mol. The average molecular weight is 411 g/mol. The number of benzene rings is 1. The van der Waals surface area contributed by atoms with Gasteiger partial charge >= 0.3 is 0 Å². The Balaban J connectivity index is 1.81. The molecule has 0 saturated carbocycles. The van der Waals surface area contributed by atoms with Gasteiger partial charge in [-0.1, -0.05) is 12.1 Å². The summed E-state index contributed by atoms with van der Waals surface area (Å²) in [4.78, 5) is 22.3. The quantitative estimate of drug-likeness (QED) is 0.464. The average Bonchev–Trinajstić information content (AvgIpc) is 2.71. The molecule has 30 heavy (non-hydrogen) atoms. The zero-order valence-corrected chi connectivity index (χ0v) is 17.6. The van der Waals surface area contributed by atoms with Crippen LogP contribution in [-0.4, -0.2) is 62.8 Å². The van der Waals surface area contributed by atoms with Crippen molar-refractivity contribution in [2.75, 3.05) is 39.9 Å². The Hall–Kier alpha value is -3.13. The maximum Gasteiger partial charge on any atom is 0.219 e. The van der Waals surface area contributed by atoms with Gasteiger partial charge in [-0.15, -0.1) is 0 Å². The van der Waals surface area contributed by atoms with E-state index in [9.17, 15) is 4.79 Å². The summed E-state index contributed by atoms with van der Waals surface area (Å²) in [6.45, 7) is 5.13. The van der Waals surface area contributed by atoms with Crippen LogP contribution in [-0.2, 0) is 9.53 Å². The largest absolute Gasteiger partial charge is 0.404 e. The third-order valence-corrected chi connectivity index (χ3v) is 5.31. The zero-order chi connectivity index (χ0) is 21.5. The number of amidine groups is 1. The molecule has 160 valence electrons. The summed E-state index contributed by atoms with van der Waals surface area (Å²) in [5, 5.41) is 3.51. The Kier molecular flexibility index (Phi) is 7.24. The smallest absolute Gasteiger partial charge is 0.219 e. The lowest BCUT2D eigenvalue weighted by molar-refractivity contribution is -0.128. The minimum atomic E-state index is 0.0368. The Labute approximate surface area is 177 Å². The molecule has 0 unspecified atom stereocenters. The zero-order valence-electron chi connectivity index (χ0n) is 17.6. The highest BCUT2D eigenvalue weighted by atomic mass is 16.5. The van der Waals surface area contributed by atoms with Crippen molar-refractivity contribution < 1.29 is 9.53 Å². The maximum absolute atomic E-state index is 11.9. The van der Waals surface area contributed by atoms with Crippen LogP contribution in [0.15, 0.2) is 51.7 Å². The molecule has 0 spiro atoms. The number of rotatable bonds is 7. The number of ether oxygens (including phenoxy) is 1. The number of carbonyl (C=O) groups is 1. The minimum Gasteiger partial charge on any atom is -0.404 e. The molecule has 0 aliphatic carbocycles. The van der Waals surface area contributed by atoms with Crippen LogP contribution in [0.5, 0.6) is 0 Å². The molecule has 1 aromatic rings. The molecule has 1 saturated heterocycles. The molecule has 0 aromatic heterocycles. The Bertz CT molecular complexity index is 881. The van der Waals surface area contributed by atoms with Gasteiger partial charge in [-0.25, -0.2) is 4.99 Å². The van der Waals surface area contributed by atoms with Crippen molar-refractivity contribution in [1.82, 2.24) is 10.2 Å². The lowest BCUT2D eigenvalue weighted by Crippen LogP contribution is -2.43. The number of nitrogens with one attached hydrogen (secondary N) is 1. The number of hydrogen-bond donors (Lipinski definition) is 3. The van der Waals surface area contributed by atoms with E-state index in [0.29, 0.717) is 24.8 Å². The van der Waals surface area contributed by atoms with Crippen LogP contribution in [0.2, 0.25) is 0 Å². The van der Waals surface area contributed by atoms with Crippen molar-refractivity contribution in [3.8, 4) is 0 Å². The highest BCUT2D eigenvalue weighted by molar-refractivity contribution is 6.09. The predicted octanol–water partition coefficient (Wildman–Crippen LogP) is 1.42. The molecule has 1 aromatic carbocycles. The van der Waals surface area contributed by atoms with Crippen LogP contribution < -0.4 is 16.8 Å². The molecule has 5 N–H and O–H groups in total. The summed E-state index contributed by atoms with van der Waals surface area (Å²) in [5.41, 5.74) is 16.5. The molecule has 2 aliphatic heterocycles. The van der Waals surface area contributed by atoms with E-state index in [0.717, 1.165) is 54.3 Å². The molecule has 8 nitrogen and oxygen atoms in total. The first-order chi connectivity index (χ1) is 14.5. The van der Waals surface area contributed by atoms with E-state index in [4.69, 9.17) is 16.2 Å². The first-order valence-electron chi connectivity index (χ1n) is 10.1. The number of nitrogens with two attached hydrogens (primary N) is 2. The molecule has 2 aliphatic rings. The van der Waals surface area contributed by atoms with Gasteiger partial charge in [0.15, 0.2) is 0 Å². The van der Waals surface area contributed by atoms with Crippen molar-refractivity contribution in [3.05, 3.63) is 47.3 Å². The molecule has 3 rings (SSSR count). The number of allylic oxidation sites excluding steroid dienone is 1. The number of amides is 1. The third kappa shape index (κ3) is 5.27. The molecule has 1 amide bonds. The Morgan fingerprint density at radius 1 is 1.33 bits per heavy atom. The summed E-state index contributed by atoms with van der Waals surface area (Å²) < 4.78 is 5.25. The van der Waals surface area contributed by atoms with Crippen LogP contribution in [0.25, 0.3) is 5.57 Å². The fourth-order valence-corrected chi connectivity index (χ4v) is 3.42. The molecule has 0 radical (unpaired) electrons. The molecule has 0 atom stereocenters. The lowest BCUT2D eigenvalue weighted by Gasteiger charge is -2.32. The first-order valence-corrected chi connectivity index (χ1v) is 10.1. The fraction of sp³-hybridized carbons (Fsp3) is 0.409. The van der Waals surface area contributed by atoms with E-state index >= 15 is 0 Å². The Morgan fingerprint density at radius 2 is 2.07 bits per heavy atom. The summed E-state index contributed by atoms with van der Waals surface area (Å²) in [6, 6.07) is 7.64. The van der Waals surface area contributed by atoms with Crippen LogP contribution in [0.3, 0.4) is 0 Å². The Morgan fingerprint density at radius 3 is 2.63 bits per heavy atom. The van der Waals surface area contributed by atoms with Gasteiger partial charge in [-0.05, 0) is 17.7 Å². The summed E-state index contributed by atoms with van der Waals surface area (Å²) in [5.74, 6) is 0.979. The minimum absolute atomic E-state index is 0.0368. The normalized spacial score (nSPS) is 18.7. The van der Waals surface area contributed by atoms with Crippen molar-refractivity contribution in [2.24, 2.45) is 27.4 Å².